The van der Waals surface area contributed by atoms with Crippen LogP contribution in [0.15, 0.2) is 42.5 Å². The zero-order chi connectivity index (χ0) is 19.6. The van der Waals surface area contributed by atoms with Gasteiger partial charge in [0.2, 0.25) is 11.8 Å². The lowest BCUT2D eigenvalue weighted by Crippen LogP contribution is -2.42. The minimum atomic E-state index is -0.594. The van der Waals surface area contributed by atoms with Crippen molar-refractivity contribution < 1.29 is 14.3 Å². The van der Waals surface area contributed by atoms with E-state index in [1.807, 2.05) is 64.1 Å². The van der Waals surface area contributed by atoms with Gasteiger partial charge in [0, 0.05) is 18.3 Å². The molecule has 0 aliphatic carbocycles. The summed E-state index contributed by atoms with van der Waals surface area (Å²) >= 11 is 0. The van der Waals surface area contributed by atoms with E-state index >= 15 is 0 Å². The number of nitrogens with one attached hydrogen (secondary N) is 1. The predicted octanol–water partition coefficient (Wildman–Crippen LogP) is 3.95. The van der Waals surface area contributed by atoms with Crippen molar-refractivity contribution >= 4 is 23.2 Å². The molecule has 1 aliphatic rings. The zero-order valence-electron chi connectivity index (χ0n) is 16.3. The van der Waals surface area contributed by atoms with Gasteiger partial charge in [-0.15, -0.1) is 0 Å². The summed E-state index contributed by atoms with van der Waals surface area (Å²) in [7, 11) is 0. The highest BCUT2D eigenvalue weighted by Gasteiger charge is 2.37. The fourth-order valence-corrected chi connectivity index (χ4v) is 3.25. The largest absolute Gasteiger partial charge is 0.490 e. The first-order chi connectivity index (χ1) is 12.8. The van der Waals surface area contributed by atoms with Gasteiger partial charge >= 0.3 is 0 Å². The molecule has 5 nitrogen and oxygen atoms in total. The number of amides is 2. The second-order valence-electron chi connectivity index (χ2n) is 7.62. The topological polar surface area (TPSA) is 58.6 Å². The third-order valence-electron chi connectivity index (χ3n) is 4.71. The Balaban J connectivity index is 1.79. The van der Waals surface area contributed by atoms with Crippen LogP contribution in [-0.4, -0.2) is 25.0 Å². The normalized spacial score (nSPS) is 15.6. The average molecular weight is 366 g/mol. The number of aryl methyl sites for hydroxylation is 1. The number of hydrogen-bond donors (Lipinski definition) is 1. The maximum atomic E-state index is 12.7. The van der Waals surface area contributed by atoms with Crippen LogP contribution in [0.5, 0.6) is 5.75 Å². The van der Waals surface area contributed by atoms with E-state index in [2.05, 4.69) is 5.32 Å². The lowest BCUT2D eigenvalue weighted by Gasteiger charge is -2.26. The Hall–Kier alpha value is -2.82. The van der Waals surface area contributed by atoms with Crippen LogP contribution in [-0.2, 0) is 16.0 Å². The number of carbonyl (C=O) groups excluding carboxylic acids is 2. The molecule has 0 fully saturated rings. The molecular formula is C22H26N2O3. The minimum absolute atomic E-state index is 0.0417. The molecule has 0 saturated carbocycles. The van der Waals surface area contributed by atoms with Gasteiger partial charge in [-0.05, 0) is 45.4 Å². The average Bonchev–Trinajstić information content (AvgIpc) is 2.70. The first-order valence-corrected chi connectivity index (χ1v) is 9.24. The molecular weight excluding hydrogens is 340 g/mol. The van der Waals surface area contributed by atoms with Crippen molar-refractivity contribution in [1.29, 1.82) is 0 Å². The van der Waals surface area contributed by atoms with Crippen molar-refractivity contribution in [2.75, 3.05) is 23.4 Å². The van der Waals surface area contributed by atoms with E-state index in [0.29, 0.717) is 31.0 Å². The van der Waals surface area contributed by atoms with Gasteiger partial charge in [-0.1, -0.05) is 29.8 Å². The SMILES string of the molecule is CCN1C(=O)C(C)(C)COc2cc(NC(=O)Cc3cccc(C)c3)ccc21. The fourth-order valence-electron chi connectivity index (χ4n) is 3.25. The summed E-state index contributed by atoms with van der Waals surface area (Å²) in [4.78, 5) is 26.9. The molecule has 0 bridgehead atoms. The maximum Gasteiger partial charge on any atom is 0.236 e. The number of rotatable bonds is 4. The molecule has 27 heavy (non-hydrogen) atoms. The van der Waals surface area contributed by atoms with Crippen molar-refractivity contribution in [2.45, 2.75) is 34.1 Å². The van der Waals surface area contributed by atoms with E-state index in [9.17, 15) is 9.59 Å². The van der Waals surface area contributed by atoms with E-state index in [0.717, 1.165) is 16.8 Å². The van der Waals surface area contributed by atoms with Gasteiger partial charge < -0.3 is 15.0 Å². The van der Waals surface area contributed by atoms with Crippen LogP contribution in [0, 0.1) is 12.3 Å². The zero-order valence-corrected chi connectivity index (χ0v) is 16.3. The third-order valence-corrected chi connectivity index (χ3v) is 4.71. The molecule has 5 heteroatoms. The van der Waals surface area contributed by atoms with Crippen molar-refractivity contribution in [3.05, 3.63) is 53.6 Å². The molecule has 2 aromatic rings. The van der Waals surface area contributed by atoms with Gasteiger partial charge in [0.1, 0.15) is 12.4 Å². The van der Waals surface area contributed by atoms with Crippen LogP contribution in [0.1, 0.15) is 31.9 Å². The number of ether oxygens (including phenoxy) is 1. The molecule has 0 spiro atoms. The summed E-state index contributed by atoms with van der Waals surface area (Å²) < 4.78 is 5.91. The molecule has 0 atom stereocenters. The van der Waals surface area contributed by atoms with E-state index in [1.54, 1.807) is 11.0 Å². The molecule has 2 aromatic carbocycles. The molecule has 3 rings (SSSR count). The summed E-state index contributed by atoms with van der Waals surface area (Å²) in [5, 5.41) is 2.92. The highest BCUT2D eigenvalue weighted by Crippen LogP contribution is 2.38. The number of carbonyl (C=O) groups is 2. The first-order valence-electron chi connectivity index (χ1n) is 9.24. The van der Waals surface area contributed by atoms with E-state index in [-0.39, 0.29) is 11.8 Å². The van der Waals surface area contributed by atoms with Crippen LogP contribution in [0.2, 0.25) is 0 Å². The quantitative estimate of drug-likeness (QED) is 0.891. The summed E-state index contributed by atoms with van der Waals surface area (Å²) in [5.74, 6) is 0.571. The Bertz CT molecular complexity index is 874. The van der Waals surface area contributed by atoms with Gasteiger partial charge in [-0.25, -0.2) is 0 Å². The van der Waals surface area contributed by atoms with Crippen LogP contribution in [0.3, 0.4) is 0 Å². The molecule has 142 valence electrons. The third kappa shape index (κ3) is 4.13. The Labute approximate surface area is 160 Å². The number of fused-ring (bicyclic) bond motifs is 1. The highest BCUT2D eigenvalue weighted by molar-refractivity contribution is 6.00. The summed E-state index contributed by atoms with van der Waals surface area (Å²) in [6, 6.07) is 13.3. The molecule has 0 unspecified atom stereocenters. The molecule has 1 heterocycles. The van der Waals surface area contributed by atoms with E-state index in [1.165, 1.54) is 0 Å². The van der Waals surface area contributed by atoms with Gasteiger partial charge in [0.25, 0.3) is 0 Å². The number of hydrogen-bond acceptors (Lipinski definition) is 3. The second-order valence-corrected chi connectivity index (χ2v) is 7.62. The maximum absolute atomic E-state index is 12.7. The van der Waals surface area contributed by atoms with Crippen molar-refractivity contribution in [2.24, 2.45) is 5.41 Å². The molecule has 2 amide bonds. The Morgan fingerprint density at radius 2 is 2.00 bits per heavy atom. The standard InChI is InChI=1S/C22H26N2O3/c1-5-24-18-10-9-17(13-19(18)27-14-22(3,4)21(24)26)23-20(25)12-16-8-6-7-15(2)11-16/h6-11,13H,5,12,14H2,1-4H3,(H,23,25). The smallest absolute Gasteiger partial charge is 0.236 e. The second kappa shape index (κ2) is 7.43. The van der Waals surface area contributed by atoms with E-state index in [4.69, 9.17) is 4.74 Å². The number of anilines is 2. The van der Waals surface area contributed by atoms with Gasteiger partial charge in [-0.2, -0.15) is 0 Å². The van der Waals surface area contributed by atoms with Crippen LogP contribution in [0.4, 0.5) is 11.4 Å². The summed E-state index contributed by atoms with van der Waals surface area (Å²) in [6.45, 7) is 8.59. The molecule has 0 saturated heterocycles. The molecule has 0 aromatic heterocycles. The lowest BCUT2D eigenvalue weighted by atomic mass is 9.93. The van der Waals surface area contributed by atoms with Crippen LogP contribution >= 0.6 is 0 Å². The minimum Gasteiger partial charge on any atom is -0.490 e. The summed E-state index contributed by atoms with van der Waals surface area (Å²) in [5.41, 5.74) is 2.91. The highest BCUT2D eigenvalue weighted by atomic mass is 16.5. The Kier molecular flexibility index (Phi) is 5.22. The Morgan fingerprint density at radius 1 is 1.22 bits per heavy atom. The molecule has 1 aliphatic heterocycles. The molecule has 1 N–H and O–H groups in total. The summed E-state index contributed by atoms with van der Waals surface area (Å²) in [6.07, 6.45) is 0.312. The van der Waals surface area contributed by atoms with Crippen molar-refractivity contribution in [3.8, 4) is 5.75 Å². The number of nitrogens with zero attached hydrogens (tertiary/aromatic N) is 1. The first kappa shape index (κ1) is 19.0. The lowest BCUT2D eigenvalue weighted by molar-refractivity contribution is -0.127. The molecule has 0 radical (unpaired) electrons. The fraction of sp³-hybridized carbons (Fsp3) is 0.364. The van der Waals surface area contributed by atoms with Crippen LogP contribution < -0.4 is 15.0 Å². The van der Waals surface area contributed by atoms with Gasteiger partial charge in [0.15, 0.2) is 0 Å². The Morgan fingerprint density at radius 3 is 2.70 bits per heavy atom. The predicted molar refractivity (Wildman–Crippen MR) is 107 cm³/mol. The number of benzene rings is 2. The van der Waals surface area contributed by atoms with Gasteiger partial charge in [-0.3, -0.25) is 9.59 Å². The van der Waals surface area contributed by atoms with Gasteiger partial charge in [0.05, 0.1) is 17.5 Å². The van der Waals surface area contributed by atoms with E-state index < -0.39 is 5.41 Å². The van der Waals surface area contributed by atoms with Crippen LogP contribution in [0.25, 0.3) is 0 Å². The monoisotopic (exact) mass is 366 g/mol. The van der Waals surface area contributed by atoms with Crippen molar-refractivity contribution in [1.82, 2.24) is 0 Å². The van der Waals surface area contributed by atoms with Crippen molar-refractivity contribution in [3.63, 3.8) is 0 Å².